The summed E-state index contributed by atoms with van der Waals surface area (Å²) in [5.41, 5.74) is 0.663. The standard InChI is InChI=1S/C22H40N2O2/c1-21(2,3)15-7-11-17(12-8-15)23-19(25)20(26)24-18-13-9-16(10-14-18)22(4,5)6/h15-18H,7-14H2,1-6H3,(H,23,25)(H,24,26). The highest BCUT2D eigenvalue weighted by Crippen LogP contribution is 2.38. The first-order valence-electron chi connectivity index (χ1n) is 10.6. The Bertz CT molecular complexity index is 439. The zero-order valence-corrected chi connectivity index (χ0v) is 17.8. The molecule has 2 aliphatic rings. The monoisotopic (exact) mass is 364 g/mol. The first-order valence-corrected chi connectivity index (χ1v) is 10.6. The molecule has 0 bridgehead atoms. The van der Waals surface area contributed by atoms with Gasteiger partial charge < -0.3 is 10.6 Å². The van der Waals surface area contributed by atoms with E-state index >= 15 is 0 Å². The zero-order chi connectivity index (χ0) is 19.5. The van der Waals surface area contributed by atoms with Gasteiger partial charge in [0, 0.05) is 12.1 Å². The maximum absolute atomic E-state index is 12.3. The van der Waals surface area contributed by atoms with Crippen molar-refractivity contribution in [3.05, 3.63) is 0 Å². The molecule has 2 rings (SSSR count). The number of hydrogen-bond acceptors (Lipinski definition) is 2. The molecule has 150 valence electrons. The zero-order valence-electron chi connectivity index (χ0n) is 17.8. The Morgan fingerprint density at radius 2 is 0.846 bits per heavy atom. The molecule has 26 heavy (non-hydrogen) atoms. The molecule has 0 unspecified atom stereocenters. The van der Waals surface area contributed by atoms with E-state index in [2.05, 4.69) is 52.2 Å². The lowest BCUT2D eigenvalue weighted by molar-refractivity contribution is -0.140. The summed E-state index contributed by atoms with van der Waals surface area (Å²) in [5, 5.41) is 5.92. The fourth-order valence-electron chi connectivity index (χ4n) is 4.71. The van der Waals surface area contributed by atoms with Gasteiger partial charge in [0.25, 0.3) is 0 Å². The molecule has 2 fully saturated rings. The van der Waals surface area contributed by atoms with E-state index in [9.17, 15) is 9.59 Å². The number of hydrogen-bond donors (Lipinski definition) is 2. The van der Waals surface area contributed by atoms with Crippen molar-refractivity contribution in [1.29, 1.82) is 0 Å². The van der Waals surface area contributed by atoms with Crippen LogP contribution in [0, 0.1) is 22.7 Å². The van der Waals surface area contributed by atoms with E-state index < -0.39 is 11.8 Å². The Morgan fingerprint density at radius 3 is 1.08 bits per heavy atom. The minimum atomic E-state index is -0.442. The average Bonchev–Trinajstić information content (AvgIpc) is 2.54. The molecular formula is C22H40N2O2. The summed E-state index contributed by atoms with van der Waals surface area (Å²) in [6, 6.07) is 0.312. The molecule has 0 aliphatic heterocycles. The lowest BCUT2D eigenvalue weighted by Gasteiger charge is -2.37. The molecule has 2 aliphatic carbocycles. The second-order valence-electron chi connectivity index (χ2n) is 10.8. The molecule has 0 spiro atoms. The fraction of sp³-hybridized carbons (Fsp3) is 0.909. The minimum Gasteiger partial charge on any atom is -0.345 e. The lowest BCUT2D eigenvalue weighted by Crippen LogP contribution is -2.49. The number of carbonyl (C=O) groups is 2. The molecule has 4 heteroatoms. The molecular weight excluding hydrogens is 324 g/mol. The minimum absolute atomic E-state index is 0.156. The molecule has 2 amide bonds. The van der Waals surface area contributed by atoms with Crippen LogP contribution in [0.5, 0.6) is 0 Å². The Hall–Kier alpha value is -1.06. The maximum Gasteiger partial charge on any atom is 0.309 e. The second-order valence-corrected chi connectivity index (χ2v) is 10.8. The van der Waals surface area contributed by atoms with Crippen LogP contribution in [0.4, 0.5) is 0 Å². The lowest BCUT2D eigenvalue weighted by atomic mass is 9.71. The van der Waals surface area contributed by atoms with Crippen molar-refractivity contribution in [2.45, 2.75) is 105 Å². The van der Waals surface area contributed by atoms with Gasteiger partial charge in [0.15, 0.2) is 0 Å². The van der Waals surface area contributed by atoms with Crippen molar-refractivity contribution in [3.8, 4) is 0 Å². The molecule has 0 radical (unpaired) electrons. The van der Waals surface area contributed by atoms with E-state index in [0.717, 1.165) is 51.4 Å². The SMILES string of the molecule is CC(C)(C)C1CCC(NC(=O)C(=O)NC2CCC(C(C)(C)C)CC2)CC1. The summed E-state index contributed by atoms with van der Waals surface area (Å²) in [6.07, 6.45) is 8.46. The predicted octanol–water partition coefficient (Wildman–Crippen LogP) is 4.43. The van der Waals surface area contributed by atoms with Crippen LogP contribution in [0.3, 0.4) is 0 Å². The van der Waals surface area contributed by atoms with E-state index in [1.807, 2.05) is 0 Å². The number of amides is 2. The Balaban J connectivity index is 1.71. The van der Waals surface area contributed by atoms with Gasteiger partial charge in [-0.2, -0.15) is 0 Å². The van der Waals surface area contributed by atoms with Crippen molar-refractivity contribution in [2.24, 2.45) is 22.7 Å². The Morgan fingerprint density at radius 1 is 0.577 bits per heavy atom. The van der Waals surface area contributed by atoms with Gasteiger partial charge >= 0.3 is 11.8 Å². The highest BCUT2D eigenvalue weighted by molar-refractivity contribution is 6.35. The Kier molecular flexibility index (Phi) is 6.79. The van der Waals surface area contributed by atoms with E-state index in [4.69, 9.17) is 0 Å². The largest absolute Gasteiger partial charge is 0.345 e. The van der Waals surface area contributed by atoms with Crippen LogP contribution in [0.25, 0.3) is 0 Å². The van der Waals surface area contributed by atoms with Gasteiger partial charge in [0.1, 0.15) is 0 Å². The van der Waals surface area contributed by atoms with Crippen LogP contribution in [0.1, 0.15) is 92.9 Å². The van der Waals surface area contributed by atoms with Gasteiger partial charge in [-0.1, -0.05) is 41.5 Å². The number of nitrogens with one attached hydrogen (secondary N) is 2. The summed E-state index contributed by atoms with van der Waals surface area (Å²) in [7, 11) is 0. The van der Waals surface area contributed by atoms with E-state index in [0.29, 0.717) is 22.7 Å². The molecule has 0 heterocycles. The molecule has 0 aromatic rings. The van der Waals surface area contributed by atoms with Crippen LogP contribution in [0.2, 0.25) is 0 Å². The van der Waals surface area contributed by atoms with Crippen LogP contribution >= 0.6 is 0 Å². The average molecular weight is 365 g/mol. The van der Waals surface area contributed by atoms with Crippen molar-refractivity contribution < 1.29 is 9.59 Å². The summed E-state index contributed by atoms with van der Waals surface area (Å²) in [4.78, 5) is 24.5. The predicted molar refractivity (Wildman–Crippen MR) is 107 cm³/mol. The third-order valence-corrected chi connectivity index (χ3v) is 6.78. The normalized spacial score (nSPS) is 30.5. The highest BCUT2D eigenvalue weighted by Gasteiger charge is 2.33. The molecule has 2 saturated carbocycles. The molecule has 0 aromatic carbocycles. The van der Waals surface area contributed by atoms with Gasteiger partial charge in [-0.15, -0.1) is 0 Å². The van der Waals surface area contributed by atoms with Crippen LogP contribution in [0.15, 0.2) is 0 Å². The summed E-state index contributed by atoms with van der Waals surface area (Å²) in [6.45, 7) is 13.7. The van der Waals surface area contributed by atoms with Crippen LogP contribution in [-0.2, 0) is 9.59 Å². The quantitative estimate of drug-likeness (QED) is 0.712. The van der Waals surface area contributed by atoms with Gasteiger partial charge in [0.2, 0.25) is 0 Å². The van der Waals surface area contributed by atoms with Crippen LogP contribution < -0.4 is 10.6 Å². The molecule has 0 atom stereocenters. The summed E-state index contributed by atoms with van der Waals surface area (Å²) in [5.74, 6) is 0.536. The maximum atomic E-state index is 12.3. The van der Waals surface area contributed by atoms with Gasteiger partial charge in [-0.3, -0.25) is 9.59 Å². The van der Waals surface area contributed by atoms with Gasteiger partial charge in [-0.25, -0.2) is 0 Å². The summed E-state index contributed by atoms with van der Waals surface area (Å²) < 4.78 is 0. The third kappa shape index (κ3) is 5.99. The van der Waals surface area contributed by atoms with E-state index in [1.165, 1.54) is 0 Å². The highest BCUT2D eigenvalue weighted by atomic mass is 16.2. The number of rotatable bonds is 2. The third-order valence-electron chi connectivity index (χ3n) is 6.78. The van der Waals surface area contributed by atoms with Crippen molar-refractivity contribution >= 4 is 11.8 Å². The van der Waals surface area contributed by atoms with E-state index in [1.54, 1.807) is 0 Å². The molecule has 0 saturated heterocycles. The van der Waals surface area contributed by atoms with Gasteiger partial charge in [-0.05, 0) is 74.0 Å². The number of carbonyl (C=O) groups excluding carboxylic acids is 2. The van der Waals surface area contributed by atoms with Gasteiger partial charge in [0.05, 0.1) is 0 Å². The first kappa shape index (κ1) is 21.2. The second kappa shape index (κ2) is 8.31. The van der Waals surface area contributed by atoms with Crippen LogP contribution in [-0.4, -0.2) is 23.9 Å². The molecule has 2 N–H and O–H groups in total. The van der Waals surface area contributed by atoms with E-state index in [-0.39, 0.29) is 12.1 Å². The molecule has 0 aromatic heterocycles. The Labute approximate surface area is 160 Å². The first-order chi connectivity index (χ1) is 12.0. The van der Waals surface area contributed by atoms with Crippen molar-refractivity contribution in [1.82, 2.24) is 10.6 Å². The fourth-order valence-corrected chi connectivity index (χ4v) is 4.71. The van der Waals surface area contributed by atoms with Crippen molar-refractivity contribution in [3.63, 3.8) is 0 Å². The topological polar surface area (TPSA) is 58.2 Å². The summed E-state index contributed by atoms with van der Waals surface area (Å²) >= 11 is 0. The smallest absolute Gasteiger partial charge is 0.309 e. The molecule has 4 nitrogen and oxygen atoms in total. The van der Waals surface area contributed by atoms with Crippen molar-refractivity contribution in [2.75, 3.05) is 0 Å².